The lowest BCUT2D eigenvalue weighted by Gasteiger charge is -2.28. The molecule has 2 nitrogen and oxygen atoms in total. The van der Waals surface area contributed by atoms with Crippen molar-refractivity contribution in [3.05, 3.63) is 94.1 Å². The highest BCUT2D eigenvalue weighted by atomic mass is 16.1. The number of fused-ring (bicyclic) bond motifs is 1. The molecule has 0 bridgehead atoms. The van der Waals surface area contributed by atoms with E-state index >= 15 is 0 Å². The largest absolute Gasteiger partial charge is 0.289 e. The van der Waals surface area contributed by atoms with Gasteiger partial charge in [-0.05, 0) is 60.1 Å². The Kier molecular flexibility index (Phi) is 5.26. The quantitative estimate of drug-likeness (QED) is 0.484. The van der Waals surface area contributed by atoms with Crippen LogP contribution >= 0.6 is 0 Å². The number of carbonyl (C=O) groups is 2. The number of rotatable bonds is 4. The summed E-state index contributed by atoms with van der Waals surface area (Å²) < 4.78 is 0. The first kappa shape index (κ1) is 20.0. The summed E-state index contributed by atoms with van der Waals surface area (Å²) in [4.78, 5) is 27.2. The van der Waals surface area contributed by atoms with Crippen LogP contribution in [0.25, 0.3) is 22.3 Å². The SMILES string of the molecule is CCc1c(CC)c(-c2ccccc2)c2c(c1-c1ccccc1)C(=O)C(C)=C(C)C2=O. The van der Waals surface area contributed by atoms with Crippen molar-refractivity contribution < 1.29 is 9.59 Å². The minimum atomic E-state index is -0.0320. The summed E-state index contributed by atoms with van der Waals surface area (Å²) in [5.74, 6) is -0.0639. The number of hydrogen-bond acceptors (Lipinski definition) is 2. The maximum absolute atomic E-state index is 13.6. The maximum atomic E-state index is 13.6. The summed E-state index contributed by atoms with van der Waals surface area (Å²) in [6.07, 6.45) is 1.59. The van der Waals surface area contributed by atoms with E-state index in [4.69, 9.17) is 0 Å². The second kappa shape index (κ2) is 7.87. The van der Waals surface area contributed by atoms with Crippen LogP contribution in [0.5, 0.6) is 0 Å². The molecule has 2 heteroatoms. The summed E-state index contributed by atoms with van der Waals surface area (Å²) >= 11 is 0. The van der Waals surface area contributed by atoms with Crippen molar-refractivity contribution in [1.29, 1.82) is 0 Å². The average Bonchev–Trinajstić information content (AvgIpc) is 2.80. The molecule has 0 aliphatic heterocycles. The van der Waals surface area contributed by atoms with Crippen LogP contribution in [-0.4, -0.2) is 11.6 Å². The van der Waals surface area contributed by atoms with E-state index in [-0.39, 0.29) is 11.6 Å². The number of allylic oxidation sites excluding steroid dienone is 2. The fourth-order valence-electron chi connectivity index (χ4n) is 4.65. The van der Waals surface area contributed by atoms with E-state index in [2.05, 4.69) is 13.8 Å². The van der Waals surface area contributed by atoms with E-state index in [1.54, 1.807) is 13.8 Å². The Hall–Kier alpha value is -3.26. The molecule has 3 aromatic rings. The van der Waals surface area contributed by atoms with Gasteiger partial charge in [-0.2, -0.15) is 0 Å². The Morgan fingerprint density at radius 3 is 1.17 bits per heavy atom. The zero-order valence-corrected chi connectivity index (χ0v) is 18.0. The van der Waals surface area contributed by atoms with Crippen LogP contribution in [0.2, 0.25) is 0 Å². The minimum absolute atomic E-state index is 0.0320. The molecule has 150 valence electrons. The maximum Gasteiger partial charge on any atom is 0.190 e. The molecule has 30 heavy (non-hydrogen) atoms. The molecule has 0 N–H and O–H groups in total. The van der Waals surface area contributed by atoms with Crippen molar-refractivity contribution in [1.82, 2.24) is 0 Å². The van der Waals surface area contributed by atoms with Gasteiger partial charge in [0.25, 0.3) is 0 Å². The third-order valence-corrected chi connectivity index (χ3v) is 6.25. The van der Waals surface area contributed by atoms with Gasteiger partial charge in [0.2, 0.25) is 0 Å². The summed E-state index contributed by atoms with van der Waals surface area (Å²) in [5, 5.41) is 0. The summed E-state index contributed by atoms with van der Waals surface area (Å²) in [7, 11) is 0. The van der Waals surface area contributed by atoms with E-state index in [0.29, 0.717) is 22.3 Å². The number of ketones is 2. The van der Waals surface area contributed by atoms with Crippen molar-refractivity contribution in [3.8, 4) is 22.3 Å². The number of benzene rings is 3. The van der Waals surface area contributed by atoms with Crippen molar-refractivity contribution in [2.45, 2.75) is 40.5 Å². The fraction of sp³-hybridized carbons (Fsp3) is 0.214. The smallest absolute Gasteiger partial charge is 0.190 e. The van der Waals surface area contributed by atoms with Crippen LogP contribution in [0.15, 0.2) is 71.8 Å². The predicted molar refractivity (Wildman–Crippen MR) is 123 cm³/mol. The highest BCUT2D eigenvalue weighted by molar-refractivity contribution is 6.31. The van der Waals surface area contributed by atoms with Gasteiger partial charge in [0.1, 0.15) is 0 Å². The molecule has 0 unspecified atom stereocenters. The van der Waals surface area contributed by atoms with Crippen LogP contribution in [0.1, 0.15) is 59.5 Å². The first-order valence-corrected chi connectivity index (χ1v) is 10.6. The highest BCUT2D eigenvalue weighted by Crippen LogP contribution is 2.44. The van der Waals surface area contributed by atoms with Gasteiger partial charge in [0.05, 0.1) is 0 Å². The molecule has 3 aromatic carbocycles. The molecule has 0 saturated heterocycles. The average molecular weight is 395 g/mol. The normalized spacial score (nSPS) is 13.6. The van der Waals surface area contributed by atoms with Gasteiger partial charge >= 0.3 is 0 Å². The number of carbonyl (C=O) groups excluding carboxylic acids is 2. The molecule has 0 atom stereocenters. The van der Waals surface area contributed by atoms with Crippen molar-refractivity contribution in [2.24, 2.45) is 0 Å². The van der Waals surface area contributed by atoms with E-state index in [0.717, 1.165) is 46.2 Å². The van der Waals surface area contributed by atoms with Crippen LogP contribution in [0.4, 0.5) is 0 Å². The Bertz CT molecular complexity index is 1090. The first-order chi connectivity index (χ1) is 14.5. The topological polar surface area (TPSA) is 34.1 Å². The van der Waals surface area contributed by atoms with Gasteiger partial charge in [0, 0.05) is 22.3 Å². The van der Waals surface area contributed by atoms with Gasteiger partial charge in [-0.3, -0.25) is 9.59 Å². The molecular formula is C28H26O2. The molecule has 4 rings (SSSR count). The van der Waals surface area contributed by atoms with E-state index in [1.165, 1.54) is 0 Å². The van der Waals surface area contributed by atoms with Crippen LogP contribution in [0.3, 0.4) is 0 Å². The first-order valence-electron chi connectivity index (χ1n) is 10.6. The van der Waals surface area contributed by atoms with Crippen LogP contribution in [0, 0.1) is 0 Å². The molecule has 1 aliphatic rings. The van der Waals surface area contributed by atoms with E-state index in [1.807, 2.05) is 60.7 Å². The van der Waals surface area contributed by atoms with Gasteiger partial charge in [-0.25, -0.2) is 0 Å². The molecule has 0 saturated carbocycles. The Morgan fingerprint density at radius 1 is 0.533 bits per heavy atom. The standard InChI is InChI=1S/C28H26O2/c1-5-21-22(6-2)24(20-15-11-8-12-16-20)26-25(23(21)19-13-9-7-10-14-19)27(29)17(3)18(4)28(26)30/h7-16H,5-6H2,1-4H3. The molecule has 0 heterocycles. The van der Waals surface area contributed by atoms with Gasteiger partial charge < -0.3 is 0 Å². The summed E-state index contributed by atoms with van der Waals surface area (Å²) in [6, 6.07) is 20.0. The van der Waals surface area contributed by atoms with E-state index < -0.39 is 0 Å². The van der Waals surface area contributed by atoms with E-state index in [9.17, 15) is 9.59 Å². The molecule has 0 fully saturated rings. The molecular weight excluding hydrogens is 368 g/mol. The third kappa shape index (κ3) is 2.95. The van der Waals surface area contributed by atoms with Crippen LogP contribution < -0.4 is 0 Å². The molecule has 0 aromatic heterocycles. The summed E-state index contributed by atoms with van der Waals surface area (Å²) in [5.41, 5.74) is 8.41. The highest BCUT2D eigenvalue weighted by Gasteiger charge is 2.35. The van der Waals surface area contributed by atoms with Crippen molar-refractivity contribution in [3.63, 3.8) is 0 Å². The summed E-state index contributed by atoms with van der Waals surface area (Å²) in [6.45, 7) is 7.81. The number of hydrogen-bond donors (Lipinski definition) is 0. The van der Waals surface area contributed by atoms with Gasteiger partial charge in [-0.1, -0.05) is 74.5 Å². The molecule has 1 aliphatic carbocycles. The van der Waals surface area contributed by atoms with Gasteiger partial charge in [-0.15, -0.1) is 0 Å². The lowest BCUT2D eigenvalue weighted by molar-refractivity contribution is 0.0975. The molecule has 0 amide bonds. The third-order valence-electron chi connectivity index (χ3n) is 6.25. The molecule has 0 radical (unpaired) electrons. The lowest BCUT2D eigenvalue weighted by atomic mass is 9.73. The second-order valence-corrected chi connectivity index (χ2v) is 7.80. The Morgan fingerprint density at radius 2 is 0.867 bits per heavy atom. The zero-order valence-electron chi connectivity index (χ0n) is 18.0. The fourth-order valence-corrected chi connectivity index (χ4v) is 4.65. The lowest BCUT2D eigenvalue weighted by Crippen LogP contribution is -2.24. The Labute approximate surface area is 178 Å². The Balaban J connectivity index is 2.25. The predicted octanol–water partition coefficient (Wildman–Crippen LogP) is 6.86. The van der Waals surface area contributed by atoms with Gasteiger partial charge in [0.15, 0.2) is 11.6 Å². The number of Topliss-reactive ketones (excluding diaryl/α,β-unsaturated/α-hetero) is 2. The zero-order chi connectivity index (χ0) is 21.4. The minimum Gasteiger partial charge on any atom is -0.289 e. The van der Waals surface area contributed by atoms with Crippen LogP contribution in [-0.2, 0) is 12.8 Å². The molecule has 0 spiro atoms. The van der Waals surface area contributed by atoms with Crippen molar-refractivity contribution in [2.75, 3.05) is 0 Å². The second-order valence-electron chi connectivity index (χ2n) is 7.80. The van der Waals surface area contributed by atoms with Crippen molar-refractivity contribution >= 4 is 11.6 Å². The monoisotopic (exact) mass is 394 g/mol.